The molecule has 2 N–H and O–H groups in total. The van der Waals surface area contributed by atoms with Crippen LogP contribution in [0.2, 0.25) is 0 Å². The predicted molar refractivity (Wildman–Crippen MR) is 90.6 cm³/mol. The maximum atomic E-state index is 12.2. The van der Waals surface area contributed by atoms with Gasteiger partial charge in [0.05, 0.1) is 19.3 Å². The lowest BCUT2D eigenvalue weighted by Crippen LogP contribution is -2.40. The number of phenolic OH excluding ortho intramolecular Hbond substituents is 1. The summed E-state index contributed by atoms with van der Waals surface area (Å²) in [5, 5.41) is 12.4. The number of ether oxygens (including phenoxy) is 1. The van der Waals surface area contributed by atoms with E-state index in [4.69, 9.17) is 4.74 Å². The lowest BCUT2D eigenvalue weighted by molar-refractivity contribution is -0.122. The number of carbonyl (C=O) groups is 1. The number of benzene rings is 1. The minimum absolute atomic E-state index is 0.0401. The number of pyridine rings is 1. The second kappa shape index (κ2) is 7.93. The van der Waals surface area contributed by atoms with E-state index in [2.05, 4.69) is 10.3 Å². The van der Waals surface area contributed by atoms with E-state index in [-0.39, 0.29) is 17.7 Å². The molecule has 0 aliphatic carbocycles. The van der Waals surface area contributed by atoms with Crippen LogP contribution >= 0.6 is 0 Å². The number of carbonyl (C=O) groups excluding carboxylic acids is 1. The molecule has 0 spiro atoms. The quantitative estimate of drug-likeness (QED) is 0.853. The van der Waals surface area contributed by atoms with Gasteiger partial charge in [-0.15, -0.1) is 0 Å². The summed E-state index contributed by atoms with van der Waals surface area (Å²) in [7, 11) is 0. The molecule has 1 aliphatic heterocycles. The molecule has 5 heteroatoms. The third-order valence-electron chi connectivity index (χ3n) is 4.37. The zero-order chi connectivity index (χ0) is 16.8. The van der Waals surface area contributed by atoms with E-state index in [0.29, 0.717) is 32.0 Å². The third kappa shape index (κ3) is 4.55. The largest absolute Gasteiger partial charge is 0.508 e. The normalized spacial score (nSPS) is 20.0. The third-order valence-corrected chi connectivity index (χ3v) is 4.37. The molecule has 0 radical (unpaired) electrons. The number of hydrogen-bond acceptors (Lipinski definition) is 4. The summed E-state index contributed by atoms with van der Waals surface area (Å²) in [6.07, 6.45) is 5.55. The molecule has 5 nitrogen and oxygen atoms in total. The van der Waals surface area contributed by atoms with E-state index in [1.807, 2.05) is 24.3 Å². The van der Waals surface area contributed by atoms with Crippen LogP contribution in [0.25, 0.3) is 0 Å². The van der Waals surface area contributed by atoms with Gasteiger partial charge in [0, 0.05) is 24.7 Å². The molecule has 126 valence electrons. The fourth-order valence-corrected chi connectivity index (χ4v) is 2.98. The summed E-state index contributed by atoms with van der Waals surface area (Å²) in [5.74, 6) is 0.577. The van der Waals surface area contributed by atoms with E-state index in [9.17, 15) is 9.90 Å². The van der Waals surface area contributed by atoms with Crippen LogP contribution in [0.4, 0.5) is 0 Å². The highest BCUT2D eigenvalue weighted by Crippen LogP contribution is 2.19. The van der Waals surface area contributed by atoms with Gasteiger partial charge in [0.2, 0.25) is 5.91 Å². The number of nitrogens with zero attached hydrogens (tertiary/aromatic N) is 1. The Bertz CT molecular complexity index is 658. The number of rotatable bonds is 6. The van der Waals surface area contributed by atoms with E-state index < -0.39 is 0 Å². The summed E-state index contributed by atoms with van der Waals surface area (Å²) in [4.78, 5) is 16.2. The van der Waals surface area contributed by atoms with Gasteiger partial charge in [-0.2, -0.15) is 0 Å². The zero-order valence-electron chi connectivity index (χ0n) is 13.5. The van der Waals surface area contributed by atoms with E-state index in [1.54, 1.807) is 24.5 Å². The Morgan fingerprint density at radius 1 is 1.12 bits per heavy atom. The molecule has 0 unspecified atom stereocenters. The Balaban J connectivity index is 1.48. The highest BCUT2D eigenvalue weighted by atomic mass is 16.5. The maximum absolute atomic E-state index is 12.2. The number of phenols is 1. The van der Waals surface area contributed by atoms with Gasteiger partial charge in [-0.25, -0.2) is 0 Å². The van der Waals surface area contributed by atoms with Crippen LogP contribution in [-0.4, -0.2) is 35.3 Å². The SMILES string of the molecule is O=C(CCc1ccc(O)cc1)N[C@H]1COC[C@H]1Cc1ccncc1. The molecule has 1 aromatic heterocycles. The topological polar surface area (TPSA) is 71.5 Å². The number of aromatic hydroxyl groups is 1. The number of aromatic nitrogens is 1. The van der Waals surface area contributed by atoms with E-state index in [0.717, 1.165) is 12.0 Å². The second-order valence-corrected chi connectivity index (χ2v) is 6.20. The van der Waals surface area contributed by atoms with Crippen molar-refractivity contribution in [3.63, 3.8) is 0 Å². The van der Waals surface area contributed by atoms with Crippen molar-refractivity contribution in [3.05, 3.63) is 59.9 Å². The first kappa shape index (κ1) is 16.5. The Labute approximate surface area is 141 Å². The van der Waals surface area contributed by atoms with Gasteiger partial charge in [0.25, 0.3) is 0 Å². The predicted octanol–water partition coefficient (Wildman–Crippen LogP) is 2.09. The lowest BCUT2D eigenvalue weighted by atomic mass is 9.95. The molecular weight excluding hydrogens is 304 g/mol. The van der Waals surface area contributed by atoms with Crippen LogP contribution in [0, 0.1) is 5.92 Å². The fraction of sp³-hybridized carbons (Fsp3) is 0.368. The number of nitrogens with one attached hydrogen (secondary N) is 1. The van der Waals surface area contributed by atoms with Gasteiger partial charge < -0.3 is 15.2 Å². The average Bonchev–Trinajstić information content (AvgIpc) is 3.02. The fourth-order valence-electron chi connectivity index (χ4n) is 2.98. The van der Waals surface area contributed by atoms with Crippen molar-refractivity contribution < 1.29 is 14.6 Å². The molecular formula is C19H22N2O3. The Hall–Kier alpha value is -2.40. The Morgan fingerprint density at radius 2 is 1.88 bits per heavy atom. The molecule has 1 aliphatic rings. The van der Waals surface area contributed by atoms with Crippen molar-refractivity contribution in [2.24, 2.45) is 5.92 Å². The summed E-state index contributed by atoms with van der Waals surface area (Å²) < 4.78 is 5.56. The standard InChI is InChI=1S/C19H22N2O3/c22-17-4-1-14(2-5-17)3-6-19(23)21-18-13-24-12-16(18)11-15-7-9-20-10-8-15/h1-2,4-5,7-10,16,18,22H,3,6,11-13H2,(H,21,23)/t16-,18+/m1/s1. The summed E-state index contributed by atoms with van der Waals surface area (Å²) in [6.45, 7) is 1.24. The Kier molecular flexibility index (Phi) is 5.43. The molecule has 2 atom stereocenters. The summed E-state index contributed by atoms with van der Waals surface area (Å²) in [5.41, 5.74) is 2.25. The minimum Gasteiger partial charge on any atom is -0.508 e. The molecule has 0 bridgehead atoms. The zero-order valence-corrected chi connectivity index (χ0v) is 13.5. The first-order valence-electron chi connectivity index (χ1n) is 8.24. The van der Waals surface area contributed by atoms with Crippen LogP contribution < -0.4 is 5.32 Å². The number of amides is 1. The van der Waals surface area contributed by atoms with E-state index >= 15 is 0 Å². The molecule has 2 heterocycles. The van der Waals surface area contributed by atoms with Crippen LogP contribution in [0.15, 0.2) is 48.8 Å². The van der Waals surface area contributed by atoms with Gasteiger partial charge >= 0.3 is 0 Å². The summed E-state index contributed by atoms with van der Waals surface area (Å²) >= 11 is 0. The summed E-state index contributed by atoms with van der Waals surface area (Å²) in [6, 6.07) is 11.0. The van der Waals surface area contributed by atoms with Crippen molar-refractivity contribution in [2.45, 2.75) is 25.3 Å². The second-order valence-electron chi connectivity index (χ2n) is 6.20. The first-order valence-corrected chi connectivity index (χ1v) is 8.24. The maximum Gasteiger partial charge on any atom is 0.220 e. The highest BCUT2D eigenvalue weighted by molar-refractivity contribution is 5.76. The molecule has 1 fully saturated rings. The van der Waals surface area contributed by atoms with E-state index in [1.165, 1.54) is 5.56 Å². The van der Waals surface area contributed by atoms with Crippen LogP contribution in [0.3, 0.4) is 0 Å². The van der Waals surface area contributed by atoms with Crippen molar-refractivity contribution in [3.8, 4) is 5.75 Å². The highest BCUT2D eigenvalue weighted by Gasteiger charge is 2.29. The van der Waals surface area contributed by atoms with Crippen molar-refractivity contribution in [1.29, 1.82) is 0 Å². The first-order chi connectivity index (χ1) is 11.7. The van der Waals surface area contributed by atoms with Crippen molar-refractivity contribution >= 4 is 5.91 Å². The van der Waals surface area contributed by atoms with Crippen LogP contribution in [-0.2, 0) is 22.4 Å². The van der Waals surface area contributed by atoms with Gasteiger partial charge in [-0.1, -0.05) is 12.1 Å². The van der Waals surface area contributed by atoms with Gasteiger partial charge in [0.15, 0.2) is 0 Å². The molecule has 3 rings (SSSR count). The van der Waals surface area contributed by atoms with Crippen LogP contribution in [0.5, 0.6) is 5.75 Å². The van der Waals surface area contributed by atoms with Gasteiger partial charge in [-0.3, -0.25) is 9.78 Å². The number of aryl methyl sites for hydroxylation is 1. The molecule has 1 aromatic carbocycles. The smallest absolute Gasteiger partial charge is 0.220 e. The van der Waals surface area contributed by atoms with Crippen molar-refractivity contribution in [1.82, 2.24) is 10.3 Å². The van der Waals surface area contributed by atoms with Crippen molar-refractivity contribution in [2.75, 3.05) is 13.2 Å². The average molecular weight is 326 g/mol. The Morgan fingerprint density at radius 3 is 2.62 bits per heavy atom. The van der Waals surface area contributed by atoms with Gasteiger partial charge in [0.1, 0.15) is 5.75 Å². The minimum atomic E-state index is 0.0401. The molecule has 1 saturated heterocycles. The van der Waals surface area contributed by atoms with Gasteiger partial charge in [-0.05, 0) is 48.2 Å². The van der Waals surface area contributed by atoms with Crippen LogP contribution in [0.1, 0.15) is 17.5 Å². The molecule has 0 saturated carbocycles. The number of hydrogen-bond donors (Lipinski definition) is 2. The molecule has 24 heavy (non-hydrogen) atoms. The monoisotopic (exact) mass is 326 g/mol. The lowest BCUT2D eigenvalue weighted by Gasteiger charge is -2.19. The molecule has 2 aromatic rings. The molecule has 1 amide bonds.